The fourth-order valence-electron chi connectivity index (χ4n) is 13.6. The number of aromatic nitrogens is 1. The van der Waals surface area contributed by atoms with E-state index in [1.807, 2.05) is 114 Å². The van der Waals surface area contributed by atoms with Crippen molar-refractivity contribution < 1.29 is 66.7 Å². The number of esters is 6. The van der Waals surface area contributed by atoms with E-state index in [-0.39, 0.29) is 53.6 Å². The van der Waals surface area contributed by atoms with Gasteiger partial charge in [-0.25, -0.2) is 19.6 Å². The molecule has 0 spiro atoms. The van der Waals surface area contributed by atoms with Crippen LogP contribution < -0.4 is 24.0 Å². The Labute approximate surface area is 673 Å². The van der Waals surface area contributed by atoms with Gasteiger partial charge in [0.05, 0.1) is 60.9 Å². The molecule has 112 heavy (non-hydrogen) atoms. The van der Waals surface area contributed by atoms with E-state index in [9.17, 15) is 28.8 Å². The van der Waals surface area contributed by atoms with Crippen LogP contribution in [0, 0.1) is 11.8 Å². The number of anilines is 1. The molecule has 2 saturated carbocycles. The Balaban J connectivity index is 0.805. The predicted octanol–water partition coefficient (Wildman–Crippen LogP) is 20.4. The molecule has 1 aromatic heterocycles. The van der Waals surface area contributed by atoms with Crippen LogP contribution in [0.2, 0.25) is 0 Å². The molecule has 22 heteroatoms. The van der Waals surface area contributed by atoms with Gasteiger partial charge in [-0.15, -0.1) is 0 Å². The molecule has 0 radical (unpaired) electrons. The Kier molecular flexibility index (Phi) is 35.5. The number of carbonyl (C=O) groups is 6. The summed E-state index contributed by atoms with van der Waals surface area (Å²) >= 11 is 5.15. The molecule has 2 heterocycles. The minimum atomic E-state index is -0.422. The first-order chi connectivity index (χ1) is 54.8. The molecular formula is C90H109N5O14S3. The fourth-order valence-corrected chi connectivity index (χ4v) is 17.3. The van der Waals surface area contributed by atoms with E-state index in [1.54, 1.807) is 41.1 Å². The Hall–Kier alpha value is -9.25. The second-order valence-electron chi connectivity index (χ2n) is 28.7. The summed E-state index contributed by atoms with van der Waals surface area (Å²) in [6.07, 6.45) is 26.4. The Morgan fingerprint density at radius 2 is 0.938 bits per heavy atom. The van der Waals surface area contributed by atoms with Crippen LogP contribution >= 0.6 is 34.9 Å². The highest BCUT2D eigenvalue weighted by Gasteiger charge is 2.33. The largest absolute Gasteiger partial charge is 0.494 e. The summed E-state index contributed by atoms with van der Waals surface area (Å²) in [5.41, 5.74) is 5.67. The van der Waals surface area contributed by atoms with Crippen LogP contribution in [0.4, 0.5) is 5.13 Å². The number of para-hydroxylation sites is 1. The molecule has 0 atom stereocenters. The third-order valence-corrected chi connectivity index (χ3v) is 24.0. The van der Waals surface area contributed by atoms with Crippen LogP contribution in [0.5, 0.6) is 23.0 Å². The van der Waals surface area contributed by atoms with E-state index in [0.29, 0.717) is 120 Å². The topological polar surface area (TPSA) is 220 Å². The van der Waals surface area contributed by atoms with Crippen LogP contribution in [0.15, 0.2) is 179 Å². The van der Waals surface area contributed by atoms with Crippen LogP contribution in [0.3, 0.4) is 0 Å². The number of unbranched alkanes of at least 4 members (excludes halogenated alkanes) is 12. The molecule has 2 aliphatic carbocycles. The molecule has 6 aromatic carbocycles. The maximum Gasteiger partial charge on any atom is 0.330 e. The molecule has 0 amide bonds. The minimum Gasteiger partial charge on any atom is -0.494 e. The number of hydrogen-bond donors (Lipinski definition) is 0. The number of benzene rings is 6. The average Bonchev–Trinajstić information content (AvgIpc) is 1.46. The van der Waals surface area contributed by atoms with E-state index >= 15 is 0 Å². The van der Waals surface area contributed by atoms with Crippen molar-refractivity contribution in [3.05, 3.63) is 181 Å². The van der Waals surface area contributed by atoms with Crippen molar-refractivity contribution in [2.45, 2.75) is 220 Å². The number of thioether (sulfide) groups is 2. The maximum absolute atomic E-state index is 14.5. The normalized spacial score (nSPS) is 16.2. The van der Waals surface area contributed by atoms with Crippen LogP contribution in [0.1, 0.15) is 203 Å². The van der Waals surface area contributed by atoms with Gasteiger partial charge in [-0.3, -0.25) is 24.2 Å². The van der Waals surface area contributed by atoms with Crippen LogP contribution in [-0.4, -0.2) is 115 Å². The second-order valence-corrected chi connectivity index (χ2v) is 32.2. The van der Waals surface area contributed by atoms with E-state index in [2.05, 4.69) is 62.3 Å². The minimum absolute atomic E-state index is 0.0156. The van der Waals surface area contributed by atoms with Gasteiger partial charge in [0.2, 0.25) is 5.13 Å². The number of hydrazone groups is 2. The number of ether oxygens (including phenoxy) is 8. The van der Waals surface area contributed by atoms with Gasteiger partial charge in [0.1, 0.15) is 39.9 Å². The molecule has 2 fully saturated rings. The summed E-state index contributed by atoms with van der Waals surface area (Å²) in [4.78, 5) is 85.3. The number of rotatable bonds is 47. The zero-order chi connectivity index (χ0) is 78.5. The van der Waals surface area contributed by atoms with Gasteiger partial charge in [-0.05, 0) is 223 Å². The van der Waals surface area contributed by atoms with E-state index in [0.717, 1.165) is 158 Å². The smallest absolute Gasteiger partial charge is 0.330 e. The summed E-state index contributed by atoms with van der Waals surface area (Å²) in [7, 11) is 0. The van der Waals surface area contributed by atoms with Gasteiger partial charge in [0.25, 0.3) is 0 Å². The fraction of sp³-hybridized carbons (Fsp3) is 0.456. The van der Waals surface area contributed by atoms with Crippen LogP contribution in [-0.2, 0) is 60.6 Å². The van der Waals surface area contributed by atoms with Gasteiger partial charge in [0, 0.05) is 59.0 Å². The summed E-state index contributed by atoms with van der Waals surface area (Å²) < 4.78 is 47.9. The van der Waals surface area contributed by atoms with Crippen molar-refractivity contribution in [3.63, 3.8) is 0 Å². The summed E-state index contributed by atoms with van der Waals surface area (Å²) in [6, 6.07) is 43.6. The number of thiazole rings is 1. The Morgan fingerprint density at radius 3 is 1.41 bits per heavy atom. The van der Waals surface area contributed by atoms with Crippen molar-refractivity contribution in [3.8, 4) is 34.1 Å². The zero-order valence-electron chi connectivity index (χ0n) is 65.0. The number of carbonyl (C=O) groups excluding carboxylic acids is 6. The third-order valence-electron chi connectivity index (χ3n) is 20.1. The first kappa shape index (κ1) is 85.2. The molecular weight excluding hydrogens is 1470 g/mol. The molecule has 0 saturated heterocycles. The SMILES string of the molecule is C=CC(=O)OCCCCCCOc1ccc(CCC(=O)OC2CCC(C(=O)Oc3ccc(-c4ccc(OC(=O)C5CCC(OC(=O)CCc6ccc(OCCCCCCOC(=O)C=C)cc6)CC5)c(/C=N/N(CCCCCC)C5Sc6ccccc6S5)c4)cc3/C=N/N(CCCCCC)c3nc4ccccc4s3)CC2)cc1. The van der Waals surface area contributed by atoms with Gasteiger partial charge < -0.3 is 37.9 Å². The van der Waals surface area contributed by atoms with Crippen molar-refractivity contribution >= 4 is 98.5 Å². The number of nitrogens with zero attached hydrogens (tertiary/aromatic N) is 5. The van der Waals surface area contributed by atoms with Gasteiger partial charge >= 0.3 is 35.8 Å². The quantitative estimate of drug-likeness (QED) is 0.00658. The van der Waals surface area contributed by atoms with E-state index in [1.165, 1.54) is 21.9 Å². The van der Waals surface area contributed by atoms with Crippen molar-refractivity contribution in [1.82, 2.24) is 9.99 Å². The number of fused-ring (bicyclic) bond motifs is 2. The van der Waals surface area contributed by atoms with E-state index in [4.69, 9.17) is 53.1 Å². The molecule has 596 valence electrons. The van der Waals surface area contributed by atoms with Crippen molar-refractivity contribution in [2.75, 3.05) is 44.5 Å². The standard InChI is InChI=1S/C90H109N5O14S3/c1-5-9-11-21-55-94(89-93-77-27-17-18-28-80(77)110-89)91-63-71-61-69(41-51-78(71)108-87(100)67-37-47-75(48-38-67)106-85(98)53-35-65-31-43-73(44-32-65)102-57-23-13-15-25-59-104-83(96)7-3)70-42-52-79(72(62-70)64-92-95(56-22-12-10-6-2)90-111-81-29-19-20-30-82(81)112-90)109-88(101)68-39-49-76(50-40-68)107-86(99)54-36-66-33-45-74(46-34-66)103-58-24-14-16-26-60-105-84(97)8-4/h7-8,17-20,27-34,41-46,51-52,61-64,67-68,75-76,90H,3-6,9-16,21-26,35-40,47-50,53-60H2,1-2H3/b91-63+,92-64+. The van der Waals surface area contributed by atoms with Crippen molar-refractivity contribution in [1.29, 1.82) is 0 Å². The molecule has 0 N–H and O–H groups in total. The van der Waals surface area contributed by atoms with Gasteiger partial charge in [0.15, 0.2) is 0 Å². The lowest BCUT2D eigenvalue weighted by molar-refractivity contribution is -0.153. The Bertz CT molecular complexity index is 4170. The number of hydrogen-bond acceptors (Lipinski definition) is 22. The summed E-state index contributed by atoms with van der Waals surface area (Å²) in [5, 5.41) is 15.3. The Morgan fingerprint density at radius 1 is 0.491 bits per heavy atom. The predicted molar refractivity (Wildman–Crippen MR) is 446 cm³/mol. The van der Waals surface area contributed by atoms with Gasteiger partial charge in [-0.1, -0.05) is 161 Å². The molecule has 10 rings (SSSR count). The maximum atomic E-state index is 14.5. The molecule has 19 nitrogen and oxygen atoms in total. The second kappa shape index (κ2) is 46.7. The summed E-state index contributed by atoms with van der Waals surface area (Å²) in [6.45, 7) is 14.5. The number of aryl methyl sites for hydroxylation is 2. The highest BCUT2D eigenvalue weighted by atomic mass is 32.2. The average molecular weight is 1580 g/mol. The molecule has 1 aliphatic heterocycles. The highest BCUT2D eigenvalue weighted by Crippen LogP contribution is 2.49. The monoisotopic (exact) mass is 1580 g/mol. The third kappa shape index (κ3) is 28.1. The molecule has 0 unspecified atom stereocenters. The lowest BCUT2D eigenvalue weighted by Gasteiger charge is -2.27. The van der Waals surface area contributed by atoms with Crippen molar-refractivity contribution in [2.24, 2.45) is 22.0 Å². The van der Waals surface area contributed by atoms with E-state index < -0.39 is 23.8 Å². The van der Waals surface area contributed by atoms with Gasteiger partial charge in [-0.2, -0.15) is 10.2 Å². The lowest BCUT2D eigenvalue weighted by Crippen LogP contribution is -2.30. The molecule has 0 bridgehead atoms. The zero-order valence-corrected chi connectivity index (χ0v) is 67.5. The molecule has 3 aliphatic rings. The molecule has 7 aromatic rings. The highest BCUT2D eigenvalue weighted by molar-refractivity contribution is 8.19. The van der Waals surface area contributed by atoms with Crippen LogP contribution in [0.25, 0.3) is 21.3 Å². The first-order valence-electron chi connectivity index (χ1n) is 40.3. The summed E-state index contributed by atoms with van der Waals surface area (Å²) in [5.74, 6) is -0.659. The lowest BCUT2D eigenvalue weighted by atomic mass is 9.87. The first-order valence-corrected chi connectivity index (χ1v) is 42.9.